The molecule has 1 atom stereocenters. The Morgan fingerprint density at radius 3 is 2.39 bits per heavy atom. The summed E-state index contributed by atoms with van der Waals surface area (Å²) in [6.07, 6.45) is -0.386. The average molecular weight is 248 g/mol. The van der Waals surface area contributed by atoms with Crippen LogP contribution >= 0.6 is 0 Å². The van der Waals surface area contributed by atoms with Crippen LogP contribution in [-0.4, -0.2) is 18.5 Å². The molecular weight excluding hydrogens is 224 g/mol. The predicted octanol–water partition coefficient (Wildman–Crippen LogP) is 3.94. The van der Waals surface area contributed by atoms with Crippen molar-refractivity contribution in [3.63, 3.8) is 0 Å². The molecule has 0 saturated carbocycles. The van der Waals surface area contributed by atoms with E-state index in [1.54, 1.807) is 0 Å². The highest BCUT2D eigenvalue weighted by molar-refractivity contribution is 6.01. The van der Waals surface area contributed by atoms with Crippen molar-refractivity contribution in [2.24, 2.45) is 5.41 Å². The van der Waals surface area contributed by atoms with Crippen LogP contribution < -0.4 is 0 Å². The summed E-state index contributed by atoms with van der Waals surface area (Å²) in [5.74, 6) is 0.0885. The number of ether oxygens (including phenoxy) is 1. The first-order valence-electron chi connectivity index (χ1n) is 6.51. The largest absolute Gasteiger partial charge is 0.370 e. The minimum Gasteiger partial charge on any atom is -0.370 e. The van der Waals surface area contributed by atoms with E-state index in [1.165, 1.54) is 0 Å². The second kappa shape index (κ2) is 5.66. The van der Waals surface area contributed by atoms with Crippen LogP contribution in [0.25, 0.3) is 0 Å². The van der Waals surface area contributed by atoms with Crippen LogP contribution in [0.3, 0.4) is 0 Å². The van der Waals surface area contributed by atoms with Gasteiger partial charge in [0.25, 0.3) is 0 Å². The lowest BCUT2D eigenvalue weighted by Gasteiger charge is -2.29. The Morgan fingerprint density at radius 2 is 1.89 bits per heavy atom. The minimum atomic E-state index is -0.386. The summed E-state index contributed by atoms with van der Waals surface area (Å²) >= 11 is 0. The van der Waals surface area contributed by atoms with Gasteiger partial charge in [0.1, 0.15) is 6.10 Å². The number of carbonyl (C=O) groups excluding carboxylic acids is 1. The summed E-state index contributed by atoms with van der Waals surface area (Å²) in [6, 6.07) is 5.85. The van der Waals surface area contributed by atoms with Crippen molar-refractivity contribution in [2.45, 2.75) is 47.6 Å². The van der Waals surface area contributed by atoms with Crippen LogP contribution in [0.1, 0.15) is 49.2 Å². The minimum absolute atomic E-state index is 0.0885. The van der Waals surface area contributed by atoms with E-state index < -0.39 is 0 Å². The molecule has 18 heavy (non-hydrogen) atoms. The SMILES string of the molecule is CCOC(C(=O)c1cccc(C)c1C)C(C)(C)C. The first kappa shape index (κ1) is 14.9. The Morgan fingerprint density at radius 1 is 1.28 bits per heavy atom. The molecule has 0 spiro atoms. The maximum atomic E-state index is 12.6. The third-order valence-corrected chi connectivity index (χ3v) is 3.23. The molecule has 2 nitrogen and oxygen atoms in total. The fraction of sp³-hybridized carbons (Fsp3) is 0.562. The Balaban J connectivity index is 3.14. The Hall–Kier alpha value is -1.15. The van der Waals surface area contributed by atoms with Gasteiger partial charge >= 0.3 is 0 Å². The van der Waals surface area contributed by atoms with Gasteiger partial charge in [-0.1, -0.05) is 39.0 Å². The van der Waals surface area contributed by atoms with E-state index in [1.807, 2.05) is 59.7 Å². The molecule has 0 saturated heterocycles. The molecule has 0 radical (unpaired) electrons. The van der Waals surface area contributed by atoms with Crippen LogP contribution in [0.15, 0.2) is 18.2 Å². The molecule has 0 bridgehead atoms. The number of carbonyl (C=O) groups is 1. The highest BCUT2D eigenvalue weighted by Crippen LogP contribution is 2.27. The van der Waals surface area contributed by atoms with Gasteiger partial charge in [-0.2, -0.15) is 0 Å². The van der Waals surface area contributed by atoms with E-state index in [2.05, 4.69) is 0 Å². The van der Waals surface area contributed by atoms with Gasteiger partial charge in [0.05, 0.1) is 0 Å². The van der Waals surface area contributed by atoms with E-state index in [9.17, 15) is 4.79 Å². The number of benzene rings is 1. The number of rotatable bonds is 4. The highest BCUT2D eigenvalue weighted by atomic mass is 16.5. The monoisotopic (exact) mass is 248 g/mol. The molecule has 0 aliphatic carbocycles. The number of Topliss-reactive ketones (excluding diaryl/α,β-unsaturated/α-hetero) is 1. The van der Waals surface area contributed by atoms with E-state index in [0.29, 0.717) is 6.61 Å². The molecular formula is C16H24O2. The fourth-order valence-electron chi connectivity index (χ4n) is 2.04. The summed E-state index contributed by atoms with van der Waals surface area (Å²) in [5.41, 5.74) is 2.79. The summed E-state index contributed by atoms with van der Waals surface area (Å²) in [4.78, 5) is 12.6. The summed E-state index contributed by atoms with van der Waals surface area (Å²) in [7, 11) is 0. The van der Waals surface area contributed by atoms with Crippen molar-refractivity contribution in [2.75, 3.05) is 6.61 Å². The predicted molar refractivity (Wildman–Crippen MR) is 75.1 cm³/mol. The van der Waals surface area contributed by atoms with Crippen molar-refractivity contribution in [3.05, 3.63) is 34.9 Å². The summed E-state index contributed by atoms with van der Waals surface area (Å²) < 4.78 is 5.67. The maximum Gasteiger partial charge on any atom is 0.192 e. The number of hydrogen-bond donors (Lipinski definition) is 0. The molecule has 1 aromatic carbocycles. The van der Waals surface area contributed by atoms with Crippen LogP contribution in [0.4, 0.5) is 0 Å². The molecule has 0 aliphatic rings. The standard InChI is InChI=1S/C16H24O2/c1-7-18-15(16(4,5)6)14(17)13-10-8-9-11(2)12(13)3/h8-10,15H,7H2,1-6H3. The van der Waals surface area contributed by atoms with Crippen LogP contribution in [-0.2, 0) is 4.74 Å². The van der Waals surface area contributed by atoms with E-state index in [4.69, 9.17) is 4.74 Å². The zero-order valence-electron chi connectivity index (χ0n) is 12.3. The normalized spacial score (nSPS) is 13.4. The molecule has 0 amide bonds. The van der Waals surface area contributed by atoms with E-state index in [-0.39, 0.29) is 17.3 Å². The molecule has 2 heteroatoms. The fourth-order valence-corrected chi connectivity index (χ4v) is 2.04. The van der Waals surface area contributed by atoms with Gasteiger partial charge < -0.3 is 4.74 Å². The third-order valence-electron chi connectivity index (χ3n) is 3.23. The van der Waals surface area contributed by atoms with Crippen molar-refractivity contribution in [3.8, 4) is 0 Å². The van der Waals surface area contributed by atoms with Gasteiger partial charge in [-0.25, -0.2) is 0 Å². The second-order valence-electron chi connectivity index (χ2n) is 5.81. The van der Waals surface area contributed by atoms with Gasteiger partial charge in [0, 0.05) is 12.2 Å². The first-order chi connectivity index (χ1) is 8.29. The molecule has 1 unspecified atom stereocenters. The van der Waals surface area contributed by atoms with Crippen molar-refractivity contribution in [1.82, 2.24) is 0 Å². The highest BCUT2D eigenvalue weighted by Gasteiger charge is 2.33. The summed E-state index contributed by atoms with van der Waals surface area (Å²) in [6.45, 7) is 12.6. The number of aryl methyl sites for hydroxylation is 1. The van der Waals surface area contributed by atoms with Gasteiger partial charge in [-0.15, -0.1) is 0 Å². The Kier molecular flexibility index (Phi) is 4.69. The van der Waals surface area contributed by atoms with E-state index in [0.717, 1.165) is 16.7 Å². The Labute approximate surface area is 110 Å². The smallest absolute Gasteiger partial charge is 0.192 e. The van der Waals surface area contributed by atoms with Gasteiger partial charge in [0.15, 0.2) is 5.78 Å². The zero-order chi connectivity index (χ0) is 13.9. The van der Waals surface area contributed by atoms with Crippen molar-refractivity contribution >= 4 is 5.78 Å². The van der Waals surface area contributed by atoms with Gasteiger partial charge in [0.2, 0.25) is 0 Å². The molecule has 1 rings (SSSR count). The van der Waals surface area contributed by atoms with Crippen LogP contribution in [0.2, 0.25) is 0 Å². The number of ketones is 1. The van der Waals surface area contributed by atoms with Crippen molar-refractivity contribution < 1.29 is 9.53 Å². The molecule has 100 valence electrons. The molecule has 0 aromatic heterocycles. The van der Waals surface area contributed by atoms with Crippen LogP contribution in [0, 0.1) is 19.3 Å². The van der Waals surface area contributed by atoms with Crippen molar-refractivity contribution in [1.29, 1.82) is 0 Å². The topological polar surface area (TPSA) is 26.3 Å². The zero-order valence-corrected chi connectivity index (χ0v) is 12.3. The molecule has 0 N–H and O–H groups in total. The van der Waals surface area contributed by atoms with Crippen LogP contribution in [0.5, 0.6) is 0 Å². The maximum absolute atomic E-state index is 12.6. The quantitative estimate of drug-likeness (QED) is 0.754. The van der Waals surface area contributed by atoms with Gasteiger partial charge in [-0.3, -0.25) is 4.79 Å². The lowest BCUT2D eigenvalue weighted by atomic mass is 9.83. The molecule has 0 heterocycles. The lowest BCUT2D eigenvalue weighted by molar-refractivity contribution is -0.000269. The van der Waals surface area contributed by atoms with E-state index >= 15 is 0 Å². The molecule has 0 fully saturated rings. The second-order valence-corrected chi connectivity index (χ2v) is 5.81. The van der Waals surface area contributed by atoms with Gasteiger partial charge in [-0.05, 0) is 37.3 Å². The lowest BCUT2D eigenvalue weighted by Crippen LogP contribution is -2.37. The first-order valence-corrected chi connectivity index (χ1v) is 6.51. The molecule has 0 aliphatic heterocycles. The third kappa shape index (κ3) is 3.20. The Bertz CT molecular complexity index is 427. The summed E-state index contributed by atoms with van der Waals surface area (Å²) in [5, 5.41) is 0. The molecule has 1 aromatic rings. The average Bonchev–Trinajstić information content (AvgIpc) is 2.27. The number of hydrogen-bond acceptors (Lipinski definition) is 2.